The van der Waals surface area contributed by atoms with E-state index in [-0.39, 0.29) is 6.09 Å². The number of ether oxygens (including phenoxy) is 1. The highest BCUT2D eigenvalue weighted by Gasteiger charge is 2.49. The van der Waals surface area contributed by atoms with E-state index in [1.54, 1.807) is 0 Å². The van der Waals surface area contributed by atoms with Crippen molar-refractivity contribution < 1.29 is 9.53 Å². The third kappa shape index (κ3) is 2.02. The molecule has 0 radical (unpaired) electrons. The molecule has 2 aliphatic rings. The molecule has 2 fully saturated rings. The van der Waals surface area contributed by atoms with Gasteiger partial charge in [0.15, 0.2) is 0 Å². The highest BCUT2D eigenvalue weighted by atomic mass is 16.6. The number of likely N-dealkylation sites (tertiary alicyclic amines) is 1. The van der Waals surface area contributed by atoms with E-state index in [1.807, 2.05) is 4.90 Å². The van der Waals surface area contributed by atoms with E-state index >= 15 is 0 Å². The summed E-state index contributed by atoms with van der Waals surface area (Å²) in [5.74, 6) is 0.427. The molecule has 14 heavy (non-hydrogen) atoms. The van der Waals surface area contributed by atoms with Crippen molar-refractivity contribution in [2.24, 2.45) is 11.3 Å². The summed E-state index contributed by atoms with van der Waals surface area (Å²) in [5, 5.41) is 0. The lowest BCUT2D eigenvalue weighted by Gasteiger charge is -2.16. The number of carbonyl (C=O) groups excluding carboxylic acids is 1. The van der Waals surface area contributed by atoms with Crippen LogP contribution in [0, 0.1) is 11.3 Å². The molecule has 1 heterocycles. The normalized spacial score (nSPS) is 23.2. The molecule has 3 nitrogen and oxygen atoms in total. The molecule has 1 saturated heterocycles. The lowest BCUT2D eigenvalue weighted by atomic mass is 10.1. The van der Waals surface area contributed by atoms with Crippen molar-refractivity contribution in [1.29, 1.82) is 0 Å². The van der Waals surface area contributed by atoms with Gasteiger partial charge in [-0.2, -0.15) is 0 Å². The Bertz CT molecular complexity index is 233. The van der Waals surface area contributed by atoms with Crippen molar-refractivity contribution in [3.8, 4) is 0 Å². The predicted molar refractivity (Wildman–Crippen MR) is 54.0 cm³/mol. The van der Waals surface area contributed by atoms with Gasteiger partial charge in [0.1, 0.15) is 0 Å². The first-order valence-corrected chi connectivity index (χ1v) is 5.53. The van der Waals surface area contributed by atoms with E-state index in [1.165, 1.54) is 19.3 Å². The Balaban J connectivity index is 1.76. The summed E-state index contributed by atoms with van der Waals surface area (Å²) in [6.07, 6.45) is 3.69. The van der Waals surface area contributed by atoms with Crippen LogP contribution < -0.4 is 0 Å². The average Bonchev–Trinajstić information content (AvgIpc) is 2.73. The SMILES string of the molecule is CC(C)COC(=O)N1CCC2(CC2)C1. The molecular weight excluding hydrogens is 178 g/mol. The zero-order chi connectivity index (χ0) is 10.2. The Hall–Kier alpha value is -0.730. The van der Waals surface area contributed by atoms with Gasteiger partial charge in [-0.15, -0.1) is 0 Å². The van der Waals surface area contributed by atoms with Crippen LogP contribution in [0.25, 0.3) is 0 Å². The maximum Gasteiger partial charge on any atom is 0.409 e. The van der Waals surface area contributed by atoms with Crippen LogP contribution in [0.5, 0.6) is 0 Å². The van der Waals surface area contributed by atoms with Crippen molar-refractivity contribution in [2.75, 3.05) is 19.7 Å². The largest absolute Gasteiger partial charge is 0.449 e. The monoisotopic (exact) mass is 197 g/mol. The third-order valence-electron chi connectivity index (χ3n) is 3.19. The Labute approximate surface area is 85.4 Å². The second kappa shape index (κ2) is 3.44. The van der Waals surface area contributed by atoms with E-state index in [0.717, 1.165) is 13.1 Å². The Morgan fingerprint density at radius 1 is 1.43 bits per heavy atom. The molecule has 0 atom stereocenters. The van der Waals surface area contributed by atoms with Crippen LogP contribution in [0.3, 0.4) is 0 Å². The lowest BCUT2D eigenvalue weighted by Crippen LogP contribution is -2.30. The molecule has 0 N–H and O–H groups in total. The molecule has 0 aromatic rings. The fraction of sp³-hybridized carbons (Fsp3) is 0.909. The van der Waals surface area contributed by atoms with Gasteiger partial charge in [-0.05, 0) is 30.6 Å². The van der Waals surface area contributed by atoms with E-state index < -0.39 is 0 Å². The van der Waals surface area contributed by atoms with Crippen molar-refractivity contribution in [3.05, 3.63) is 0 Å². The highest BCUT2D eigenvalue weighted by Crippen LogP contribution is 2.52. The van der Waals surface area contributed by atoms with Crippen molar-refractivity contribution >= 4 is 6.09 Å². The molecule has 1 saturated carbocycles. The number of hydrogen-bond acceptors (Lipinski definition) is 2. The average molecular weight is 197 g/mol. The van der Waals surface area contributed by atoms with Gasteiger partial charge in [0.2, 0.25) is 0 Å². The molecule has 1 aliphatic carbocycles. The zero-order valence-electron chi connectivity index (χ0n) is 9.08. The maximum absolute atomic E-state index is 11.6. The summed E-state index contributed by atoms with van der Waals surface area (Å²) < 4.78 is 5.20. The van der Waals surface area contributed by atoms with Crippen LogP contribution in [-0.2, 0) is 4.74 Å². The Morgan fingerprint density at radius 2 is 2.14 bits per heavy atom. The second-order valence-electron chi connectivity index (χ2n) is 5.14. The number of hydrogen-bond donors (Lipinski definition) is 0. The summed E-state index contributed by atoms with van der Waals surface area (Å²) in [7, 11) is 0. The Kier molecular flexibility index (Phi) is 2.41. The number of rotatable bonds is 2. The molecule has 80 valence electrons. The molecule has 0 bridgehead atoms. The summed E-state index contributed by atoms with van der Waals surface area (Å²) in [6, 6.07) is 0. The summed E-state index contributed by atoms with van der Waals surface area (Å²) >= 11 is 0. The predicted octanol–water partition coefficient (Wildman–Crippen LogP) is 2.26. The van der Waals surface area contributed by atoms with Gasteiger partial charge in [0.05, 0.1) is 6.61 Å². The van der Waals surface area contributed by atoms with Crippen molar-refractivity contribution in [2.45, 2.75) is 33.1 Å². The quantitative estimate of drug-likeness (QED) is 0.679. The standard InChI is InChI=1S/C11H19NO2/c1-9(2)7-14-10(13)12-6-5-11(8-12)3-4-11/h9H,3-8H2,1-2H3. The van der Waals surface area contributed by atoms with Crippen LogP contribution in [-0.4, -0.2) is 30.7 Å². The molecule has 1 spiro atoms. The number of nitrogens with zero attached hydrogens (tertiary/aromatic N) is 1. The van der Waals surface area contributed by atoms with Crippen molar-refractivity contribution in [3.63, 3.8) is 0 Å². The van der Waals surface area contributed by atoms with Crippen LogP contribution in [0.15, 0.2) is 0 Å². The van der Waals surface area contributed by atoms with Gasteiger partial charge in [-0.3, -0.25) is 0 Å². The fourth-order valence-corrected chi connectivity index (χ4v) is 2.01. The molecule has 2 rings (SSSR count). The maximum atomic E-state index is 11.6. The molecule has 1 amide bonds. The minimum atomic E-state index is -0.109. The zero-order valence-corrected chi connectivity index (χ0v) is 9.08. The molecule has 0 aromatic heterocycles. The van der Waals surface area contributed by atoms with E-state index in [2.05, 4.69) is 13.8 Å². The van der Waals surface area contributed by atoms with Crippen molar-refractivity contribution in [1.82, 2.24) is 4.90 Å². The number of amides is 1. The topological polar surface area (TPSA) is 29.5 Å². The van der Waals surface area contributed by atoms with Crippen LogP contribution in [0.4, 0.5) is 4.79 Å². The first-order valence-electron chi connectivity index (χ1n) is 5.53. The molecule has 0 unspecified atom stereocenters. The van der Waals surface area contributed by atoms with E-state index in [9.17, 15) is 4.79 Å². The molecule has 0 aromatic carbocycles. The minimum absolute atomic E-state index is 0.109. The summed E-state index contributed by atoms with van der Waals surface area (Å²) in [4.78, 5) is 13.4. The fourth-order valence-electron chi connectivity index (χ4n) is 2.01. The van der Waals surface area contributed by atoms with Gasteiger partial charge < -0.3 is 9.64 Å². The third-order valence-corrected chi connectivity index (χ3v) is 3.19. The van der Waals surface area contributed by atoms with Crippen LogP contribution in [0.2, 0.25) is 0 Å². The number of carbonyl (C=O) groups is 1. The lowest BCUT2D eigenvalue weighted by molar-refractivity contribution is 0.0980. The van der Waals surface area contributed by atoms with E-state index in [4.69, 9.17) is 4.74 Å². The molecule has 1 aliphatic heterocycles. The second-order valence-corrected chi connectivity index (χ2v) is 5.14. The van der Waals surface area contributed by atoms with Gasteiger partial charge in [0, 0.05) is 13.1 Å². The van der Waals surface area contributed by atoms with Gasteiger partial charge >= 0.3 is 6.09 Å². The Morgan fingerprint density at radius 3 is 2.64 bits per heavy atom. The smallest absolute Gasteiger partial charge is 0.409 e. The van der Waals surface area contributed by atoms with Gasteiger partial charge in [0.25, 0.3) is 0 Å². The first-order chi connectivity index (χ1) is 6.61. The highest BCUT2D eigenvalue weighted by molar-refractivity contribution is 5.68. The first kappa shape index (κ1) is 9.81. The van der Waals surface area contributed by atoms with Crippen LogP contribution in [0.1, 0.15) is 33.1 Å². The molecule has 3 heteroatoms. The molecular formula is C11H19NO2. The minimum Gasteiger partial charge on any atom is -0.449 e. The van der Waals surface area contributed by atoms with Gasteiger partial charge in [-0.1, -0.05) is 13.8 Å². The summed E-state index contributed by atoms with van der Waals surface area (Å²) in [5.41, 5.74) is 0.511. The van der Waals surface area contributed by atoms with Crippen LogP contribution >= 0.6 is 0 Å². The van der Waals surface area contributed by atoms with E-state index in [0.29, 0.717) is 17.9 Å². The summed E-state index contributed by atoms with van der Waals surface area (Å²) in [6.45, 7) is 6.49. The van der Waals surface area contributed by atoms with Gasteiger partial charge in [-0.25, -0.2) is 4.79 Å².